The van der Waals surface area contributed by atoms with Gasteiger partial charge in [-0.2, -0.15) is 0 Å². The van der Waals surface area contributed by atoms with Crippen molar-refractivity contribution in [2.75, 3.05) is 18.1 Å². The van der Waals surface area contributed by atoms with E-state index in [1.165, 1.54) is 12.5 Å². The Morgan fingerprint density at radius 2 is 2.21 bits per heavy atom. The number of aliphatic hydroxyl groups is 1. The highest BCUT2D eigenvalue weighted by molar-refractivity contribution is 14.1. The number of benzene rings is 1. The van der Waals surface area contributed by atoms with Crippen LogP contribution in [0, 0.1) is 13.7 Å². The first kappa shape index (κ1) is 14.5. The van der Waals surface area contributed by atoms with E-state index in [0.717, 1.165) is 35.1 Å². The number of aliphatic hydroxyl groups excluding tert-OH is 1. The lowest BCUT2D eigenvalue weighted by Crippen LogP contribution is -2.38. The Kier molecular flexibility index (Phi) is 4.98. The Morgan fingerprint density at radius 3 is 2.84 bits per heavy atom. The van der Waals surface area contributed by atoms with E-state index in [9.17, 15) is 15.2 Å². The zero-order valence-corrected chi connectivity index (χ0v) is 12.7. The highest BCUT2D eigenvalue weighted by atomic mass is 127. The van der Waals surface area contributed by atoms with E-state index in [1.54, 1.807) is 12.1 Å². The summed E-state index contributed by atoms with van der Waals surface area (Å²) in [5.74, 6) is 0. The fraction of sp³-hybridized carbons (Fsp3) is 0.538. The molecule has 104 valence electrons. The molecule has 1 fully saturated rings. The second-order valence-corrected chi connectivity index (χ2v) is 5.93. The molecule has 1 aliphatic rings. The van der Waals surface area contributed by atoms with E-state index in [1.807, 2.05) is 0 Å². The molecule has 0 aliphatic carbocycles. The Balaban J connectivity index is 2.30. The van der Waals surface area contributed by atoms with Crippen molar-refractivity contribution in [1.82, 2.24) is 0 Å². The zero-order valence-electron chi connectivity index (χ0n) is 10.6. The molecule has 1 aliphatic heterocycles. The number of hydrogen-bond donors (Lipinski definition) is 1. The summed E-state index contributed by atoms with van der Waals surface area (Å²) in [5, 5.41) is 20.3. The lowest BCUT2D eigenvalue weighted by atomic mass is 10.1. The summed E-state index contributed by atoms with van der Waals surface area (Å²) in [4.78, 5) is 12.6. The van der Waals surface area contributed by atoms with Gasteiger partial charge in [0.05, 0.1) is 23.3 Å². The molecule has 1 aromatic carbocycles. The standard InChI is InChI=1S/C13H17IN2O3/c14-12-8-10(16(18)19)5-6-13(12)15-7-3-1-2-4-11(15)9-17/h5-6,8,11,17H,1-4,7,9H2. The highest BCUT2D eigenvalue weighted by Crippen LogP contribution is 2.31. The molecule has 1 aromatic rings. The molecule has 1 saturated heterocycles. The predicted octanol–water partition coefficient (Wildman–Crippen LogP) is 2.94. The van der Waals surface area contributed by atoms with Crippen molar-refractivity contribution in [2.45, 2.75) is 31.7 Å². The summed E-state index contributed by atoms with van der Waals surface area (Å²) in [6.07, 6.45) is 4.38. The normalized spacial score (nSPS) is 20.1. The summed E-state index contributed by atoms with van der Waals surface area (Å²) in [6, 6.07) is 5.05. The van der Waals surface area contributed by atoms with Crippen molar-refractivity contribution < 1.29 is 10.0 Å². The summed E-state index contributed by atoms with van der Waals surface area (Å²) in [6.45, 7) is 1.03. The zero-order chi connectivity index (χ0) is 13.8. The molecule has 1 atom stereocenters. The topological polar surface area (TPSA) is 66.6 Å². The summed E-state index contributed by atoms with van der Waals surface area (Å²) >= 11 is 2.13. The maximum absolute atomic E-state index is 10.8. The van der Waals surface area contributed by atoms with Crippen LogP contribution in [0.4, 0.5) is 11.4 Å². The number of rotatable bonds is 3. The lowest BCUT2D eigenvalue weighted by Gasteiger charge is -2.31. The molecule has 0 radical (unpaired) electrons. The van der Waals surface area contributed by atoms with Crippen LogP contribution >= 0.6 is 22.6 Å². The van der Waals surface area contributed by atoms with Crippen molar-refractivity contribution in [3.63, 3.8) is 0 Å². The fourth-order valence-electron chi connectivity index (χ4n) is 2.53. The van der Waals surface area contributed by atoms with Gasteiger partial charge in [0.1, 0.15) is 0 Å². The van der Waals surface area contributed by atoms with Gasteiger partial charge in [-0.15, -0.1) is 0 Å². The van der Waals surface area contributed by atoms with Crippen molar-refractivity contribution in [2.24, 2.45) is 0 Å². The lowest BCUT2D eigenvalue weighted by molar-refractivity contribution is -0.384. The van der Waals surface area contributed by atoms with Gasteiger partial charge in [0, 0.05) is 22.2 Å². The summed E-state index contributed by atoms with van der Waals surface area (Å²) in [7, 11) is 0. The number of nitro groups is 1. The molecule has 0 bridgehead atoms. The average molecular weight is 376 g/mol. The van der Waals surface area contributed by atoms with Crippen LogP contribution < -0.4 is 4.90 Å². The molecule has 2 rings (SSSR count). The Hall–Kier alpha value is -0.890. The number of non-ortho nitro benzene ring substituents is 1. The van der Waals surface area contributed by atoms with Crippen LogP contribution in [0.5, 0.6) is 0 Å². The van der Waals surface area contributed by atoms with Crippen LogP contribution in [-0.2, 0) is 0 Å². The SMILES string of the molecule is O=[N+]([O-])c1ccc(N2CCCCCC2CO)c(I)c1. The summed E-state index contributed by atoms with van der Waals surface area (Å²) in [5.41, 5.74) is 1.11. The Bertz CT molecular complexity index is 467. The predicted molar refractivity (Wildman–Crippen MR) is 82.5 cm³/mol. The second kappa shape index (κ2) is 6.51. The van der Waals surface area contributed by atoms with Gasteiger partial charge in [-0.25, -0.2) is 0 Å². The fourth-order valence-corrected chi connectivity index (χ4v) is 3.34. The first-order chi connectivity index (χ1) is 9.13. The number of anilines is 1. The molecule has 0 amide bonds. The van der Waals surface area contributed by atoms with Crippen LogP contribution in [0.25, 0.3) is 0 Å². The molecule has 6 heteroatoms. The number of halogens is 1. The molecule has 19 heavy (non-hydrogen) atoms. The smallest absolute Gasteiger partial charge is 0.270 e. The third-order valence-corrected chi connectivity index (χ3v) is 4.40. The maximum atomic E-state index is 10.8. The molecule has 0 aromatic heterocycles. The molecular formula is C13H17IN2O3. The van der Waals surface area contributed by atoms with Crippen molar-refractivity contribution in [1.29, 1.82) is 0 Å². The van der Waals surface area contributed by atoms with Crippen LogP contribution in [0.15, 0.2) is 18.2 Å². The van der Waals surface area contributed by atoms with Crippen LogP contribution in [0.2, 0.25) is 0 Å². The molecule has 1 heterocycles. The molecule has 5 nitrogen and oxygen atoms in total. The first-order valence-electron chi connectivity index (χ1n) is 6.45. The molecular weight excluding hydrogens is 359 g/mol. The Labute approximate surface area is 125 Å². The molecule has 1 N–H and O–H groups in total. The van der Waals surface area contributed by atoms with Gasteiger partial charge in [-0.1, -0.05) is 12.8 Å². The molecule has 0 saturated carbocycles. The number of nitro benzene ring substituents is 1. The van der Waals surface area contributed by atoms with E-state index in [2.05, 4.69) is 27.5 Å². The van der Waals surface area contributed by atoms with E-state index in [4.69, 9.17) is 0 Å². The average Bonchev–Trinajstić information content (AvgIpc) is 2.63. The van der Waals surface area contributed by atoms with Gasteiger partial charge in [0.15, 0.2) is 0 Å². The van der Waals surface area contributed by atoms with Crippen molar-refractivity contribution >= 4 is 34.0 Å². The van der Waals surface area contributed by atoms with E-state index < -0.39 is 0 Å². The summed E-state index contributed by atoms with van der Waals surface area (Å²) < 4.78 is 0.868. The van der Waals surface area contributed by atoms with Gasteiger partial charge in [-0.3, -0.25) is 10.1 Å². The third-order valence-electron chi connectivity index (χ3n) is 3.54. The Morgan fingerprint density at radius 1 is 1.42 bits per heavy atom. The van der Waals surface area contributed by atoms with Crippen LogP contribution in [-0.4, -0.2) is 29.2 Å². The third kappa shape index (κ3) is 3.36. The minimum absolute atomic E-state index is 0.114. The largest absolute Gasteiger partial charge is 0.394 e. The van der Waals surface area contributed by atoms with Gasteiger partial charge < -0.3 is 10.0 Å². The van der Waals surface area contributed by atoms with E-state index in [0.29, 0.717) is 0 Å². The van der Waals surface area contributed by atoms with Gasteiger partial charge in [0.25, 0.3) is 5.69 Å². The second-order valence-electron chi connectivity index (χ2n) is 4.77. The monoisotopic (exact) mass is 376 g/mol. The molecule has 0 spiro atoms. The van der Waals surface area contributed by atoms with E-state index in [-0.39, 0.29) is 23.3 Å². The van der Waals surface area contributed by atoms with Gasteiger partial charge >= 0.3 is 0 Å². The van der Waals surface area contributed by atoms with Crippen molar-refractivity contribution in [3.05, 3.63) is 31.9 Å². The van der Waals surface area contributed by atoms with Crippen molar-refractivity contribution in [3.8, 4) is 0 Å². The highest BCUT2D eigenvalue weighted by Gasteiger charge is 2.23. The first-order valence-corrected chi connectivity index (χ1v) is 7.53. The molecule has 1 unspecified atom stereocenters. The minimum atomic E-state index is -0.377. The minimum Gasteiger partial charge on any atom is -0.394 e. The van der Waals surface area contributed by atoms with Gasteiger partial charge in [0.2, 0.25) is 0 Å². The number of nitrogens with zero attached hydrogens (tertiary/aromatic N) is 2. The quantitative estimate of drug-likeness (QED) is 0.501. The van der Waals surface area contributed by atoms with E-state index >= 15 is 0 Å². The van der Waals surface area contributed by atoms with Gasteiger partial charge in [-0.05, 0) is 41.5 Å². The van der Waals surface area contributed by atoms with Crippen LogP contribution in [0.3, 0.4) is 0 Å². The van der Waals surface area contributed by atoms with Crippen LogP contribution in [0.1, 0.15) is 25.7 Å². The number of hydrogen-bond acceptors (Lipinski definition) is 4. The maximum Gasteiger partial charge on any atom is 0.270 e.